The summed E-state index contributed by atoms with van der Waals surface area (Å²) in [6.07, 6.45) is 0. The molecule has 0 saturated heterocycles. The molecule has 3 N–H and O–H groups in total. The third-order valence-electron chi connectivity index (χ3n) is 2.46. The minimum absolute atomic E-state index is 0.159. The second kappa shape index (κ2) is 6.20. The average Bonchev–Trinajstić information content (AvgIpc) is 2.26. The van der Waals surface area contributed by atoms with Gasteiger partial charge in [0.2, 0.25) is 0 Å². The summed E-state index contributed by atoms with van der Waals surface area (Å²) in [6.45, 7) is 5.17. The van der Waals surface area contributed by atoms with Gasteiger partial charge in [-0.15, -0.1) is 0 Å². The number of carbonyl (C=O) groups is 1. The van der Waals surface area contributed by atoms with E-state index in [1.54, 1.807) is 19.1 Å². The van der Waals surface area contributed by atoms with E-state index in [1.807, 2.05) is 14.0 Å². The molecule has 0 saturated carbocycles. The van der Waals surface area contributed by atoms with Gasteiger partial charge in [0.05, 0.1) is 0 Å². The molecule has 0 spiro atoms. The molecule has 0 aliphatic rings. The number of nitrogens with one attached hydrogen (secondary N) is 3. The number of aryl methyl sites for hydroxylation is 1. The van der Waals surface area contributed by atoms with E-state index >= 15 is 0 Å². The van der Waals surface area contributed by atoms with Crippen molar-refractivity contribution in [2.24, 2.45) is 5.92 Å². The fourth-order valence-corrected chi connectivity index (χ4v) is 1.53. The summed E-state index contributed by atoms with van der Waals surface area (Å²) in [7, 11) is 1.86. The van der Waals surface area contributed by atoms with E-state index < -0.39 is 0 Å². The highest BCUT2D eigenvalue weighted by Crippen LogP contribution is 1.95. The van der Waals surface area contributed by atoms with Crippen molar-refractivity contribution in [2.45, 2.75) is 13.8 Å². The van der Waals surface area contributed by atoms with E-state index in [4.69, 9.17) is 0 Å². The molecule has 0 aliphatic carbocycles. The quantitative estimate of drug-likeness (QED) is 0.688. The summed E-state index contributed by atoms with van der Waals surface area (Å²) in [5.74, 6) is 0.00248. The highest BCUT2D eigenvalue weighted by Gasteiger charge is 2.10. The summed E-state index contributed by atoms with van der Waals surface area (Å²) in [5.41, 5.74) is 0.561. The summed E-state index contributed by atoms with van der Waals surface area (Å²) >= 11 is 0. The van der Waals surface area contributed by atoms with Crippen LogP contribution in [-0.4, -0.2) is 31.0 Å². The molecule has 0 fully saturated rings. The highest BCUT2D eigenvalue weighted by molar-refractivity contribution is 5.93. The molecule has 17 heavy (non-hydrogen) atoms. The minimum Gasteiger partial charge on any atom is -0.352 e. The molecule has 1 amide bonds. The van der Waals surface area contributed by atoms with Gasteiger partial charge < -0.3 is 15.6 Å². The normalized spacial score (nSPS) is 12.2. The maximum absolute atomic E-state index is 11.7. The fourth-order valence-electron chi connectivity index (χ4n) is 1.53. The van der Waals surface area contributed by atoms with Crippen LogP contribution >= 0.6 is 0 Å². The Morgan fingerprint density at radius 1 is 1.41 bits per heavy atom. The Balaban J connectivity index is 2.61. The first-order valence-electron chi connectivity index (χ1n) is 5.67. The van der Waals surface area contributed by atoms with Gasteiger partial charge in [-0.25, -0.2) is 0 Å². The molecule has 1 atom stereocenters. The van der Waals surface area contributed by atoms with Crippen LogP contribution in [0.3, 0.4) is 0 Å². The third kappa shape index (κ3) is 4.03. The van der Waals surface area contributed by atoms with Crippen LogP contribution in [0.25, 0.3) is 0 Å². The SMILES string of the molecule is CNCC(C)CNC(=O)c1ccc(C)[nH]c1=O. The molecule has 1 aromatic heterocycles. The maximum Gasteiger partial charge on any atom is 0.260 e. The predicted molar refractivity (Wildman–Crippen MR) is 67.2 cm³/mol. The lowest BCUT2D eigenvalue weighted by Gasteiger charge is -2.11. The van der Waals surface area contributed by atoms with Crippen molar-refractivity contribution in [1.82, 2.24) is 15.6 Å². The van der Waals surface area contributed by atoms with Gasteiger partial charge in [-0.3, -0.25) is 9.59 Å². The predicted octanol–water partition coefficient (Wildman–Crippen LogP) is 0.269. The van der Waals surface area contributed by atoms with Crippen LogP contribution < -0.4 is 16.2 Å². The molecule has 0 radical (unpaired) electrons. The van der Waals surface area contributed by atoms with Gasteiger partial charge >= 0.3 is 0 Å². The van der Waals surface area contributed by atoms with E-state index in [0.29, 0.717) is 12.5 Å². The zero-order valence-corrected chi connectivity index (χ0v) is 10.5. The van der Waals surface area contributed by atoms with Crippen molar-refractivity contribution in [3.8, 4) is 0 Å². The number of hydrogen-bond acceptors (Lipinski definition) is 3. The number of rotatable bonds is 5. The number of hydrogen-bond donors (Lipinski definition) is 3. The number of carbonyl (C=O) groups excluding carboxylic acids is 1. The molecule has 94 valence electrons. The summed E-state index contributed by atoms with van der Waals surface area (Å²) in [6, 6.07) is 3.26. The molecule has 1 unspecified atom stereocenters. The molecule has 5 heteroatoms. The Kier molecular flexibility index (Phi) is 4.90. The largest absolute Gasteiger partial charge is 0.352 e. The Hall–Kier alpha value is -1.62. The van der Waals surface area contributed by atoms with E-state index in [9.17, 15) is 9.59 Å². The van der Waals surface area contributed by atoms with Crippen molar-refractivity contribution in [3.05, 3.63) is 33.7 Å². The Bertz CT molecular complexity index is 440. The van der Waals surface area contributed by atoms with Crippen LogP contribution in [0.1, 0.15) is 23.0 Å². The molecule has 0 aromatic carbocycles. The second-order valence-electron chi connectivity index (χ2n) is 4.26. The molecule has 0 aliphatic heterocycles. The van der Waals surface area contributed by atoms with Crippen LogP contribution in [0.4, 0.5) is 0 Å². The van der Waals surface area contributed by atoms with Crippen molar-refractivity contribution in [1.29, 1.82) is 0 Å². The zero-order chi connectivity index (χ0) is 12.8. The molecule has 1 rings (SSSR count). The lowest BCUT2D eigenvalue weighted by Crippen LogP contribution is -2.35. The first kappa shape index (κ1) is 13.4. The van der Waals surface area contributed by atoms with Gasteiger partial charge in [0.15, 0.2) is 0 Å². The molecule has 0 bridgehead atoms. The molecule has 1 heterocycles. The Morgan fingerprint density at radius 2 is 2.12 bits per heavy atom. The molecular weight excluding hydrogens is 218 g/mol. The van der Waals surface area contributed by atoms with Crippen molar-refractivity contribution in [2.75, 3.05) is 20.1 Å². The van der Waals surface area contributed by atoms with E-state index in [2.05, 4.69) is 15.6 Å². The molecular formula is C12H19N3O2. The first-order valence-corrected chi connectivity index (χ1v) is 5.67. The number of H-pyrrole nitrogens is 1. The lowest BCUT2D eigenvalue weighted by atomic mass is 10.1. The van der Waals surface area contributed by atoms with Gasteiger partial charge in [0, 0.05) is 12.2 Å². The van der Waals surface area contributed by atoms with Gasteiger partial charge in [-0.2, -0.15) is 0 Å². The summed E-state index contributed by atoms with van der Waals surface area (Å²) in [4.78, 5) is 25.9. The standard InChI is InChI=1S/C12H19N3O2/c1-8(6-13-3)7-14-11(16)10-5-4-9(2)15-12(10)17/h4-5,8,13H,6-7H2,1-3H3,(H,14,16)(H,15,17). The third-order valence-corrected chi connectivity index (χ3v) is 2.46. The summed E-state index contributed by atoms with van der Waals surface area (Å²) < 4.78 is 0. The number of amides is 1. The lowest BCUT2D eigenvalue weighted by molar-refractivity contribution is 0.0946. The Morgan fingerprint density at radius 3 is 2.71 bits per heavy atom. The van der Waals surface area contributed by atoms with Crippen molar-refractivity contribution in [3.63, 3.8) is 0 Å². The first-order chi connectivity index (χ1) is 8.04. The van der Waals surface area contributed by atoms with Crippen molar-refractivity contribution >= 4 is 5.91 Å². The Labute approximate surface area is 101 Å². The van der Waals surface area contributed by atoms with Gasteiger partial charge in [-0.1, -0.05) is 6.92 Å². The number of aromatic amines is 1. The molecule has 1 aromatic rings. The average molecular weight is 237 g/mol. The van der Waals surface area contributed by atoms with Crippen molar-refractivity contribution < 1.29 is 4.79 Å². The number of aromatic nitrogens is 1. The summed E-state index contributed by atoms with van der Waals surface area (Å²) in [5, 5.41) is 5.78. The topological polar surface area (TPSA) is 74.0 Å². The van der Waals surface area contributed by atoms with Gasteiger partial charge in [0.25, 0.3) is 11.5 Å². The van der Waals surface area contributed by atoms with Crippen LogP contribution in [0.2, 0.25) is 0 Å². The molecule has 5 nitrogen and oxygen atoms in total. The second-order valence-corrected chi connectivity index (χ2v) is 4.26. The van der Waals surface area contributed by atoms with E-state index in [0.717, 1.165) is 12.2 Å². The van der Waals surface area contributed by atoms with Crippen LogP contribution in [0.5, 0.6) is 0 Å². The van der Waals surface area contributed by atoms with E-state index in [1.165, 1.54) is 0 Å². The van der Waals surface area contributed by atoms with Gasteiger partial charge in [0.1, 0.15) is 5.56 Å². The zero-order valence-electron chi connectivity index (χ0n) is 10.5. The van der Waals surface area contributed by atoms with Crippen LogP contribution in [0, 0.1) is 12.8 Å². The fraction of sp³-hybridized carbons (Fsp3) is 0.500. The monoisotopic (exact) mass is 237 g/mol. The number of pyridine rings is 1. The van der Waals surface area contributed by atoms with Crippen LogP contribution in [-0.2, 0) is 0 Å². The van der Waals surface area contributed by atoms with E-state index in [-0.39, 0.29) is 17.0 Å². The van der Waals surface area contributed by atoms with Gasteiger partial charge in [-0.05, 0) is 38.6 Å². The minimum atomic E-state index is -0.344. The van der Waals surface area contributed by atoms with Crippen LogP contribution in [0.15, 0.2) is 16.9 Å². The maximum atomic E-state index is 11.7. The highest BCUT2D eigenvalue weighted by atomic mass is 16.2. The smallest absolute Gasteiger partial charge is 0.260 e.